The summed E-state index contributed by atoms with van der Waals surface area (Å²) in [6.07, 6.45) is 2.52. The predicted molar refractivity (Wildman–Crippen MR) is 99.2 cm³/mol. The number of hydrogen-bond acceptors (Lipinski definition) is 6. The molecule has 0 saturated heterocycles. The number of fused-ring (bicyclic) bond motifs is 2. The van der Waals surface area contributed by atoms with Crippen molar-refractivity contribution in [3.8, 4) is 0 Å². The first-order valence-electron chi connectivity index (χ1n) is 8.63. The average Bonchev–Trinajstić information content (AvgIpc) is 3.09. The van der Waals surface area contributed by atoms with E-state index in [-0.39, 0.29) is 18.7 Å². The molecule has 0 N–H and O–H groups in total. The van der Waals surface area contributed by atoms with E-state index in [9.17, 15) is 9.59 Å². The van der Waals surface area contributed by atoms with Gasteiger partial charge in [-0.1, -0.05) is 36.4 Å². The van der Waals surface area contributed by atoms with Crippen LogP contribution in [0.2, 0.25) is 0 Å². The van der Waals surface area contributed by atoms with E-state index in [1.165, 1.54) is 5.56 Å². The Morgan fingerprint density at radius 3 is 2.89 bits per heavy atom. The monoisotopic (exact) mass is 363 g/mol. The molecule has 0 aliphatic rings. The van der Waals surface area contributed by atoms with Crippen LogP contribution in [0.5, 0.6) is 0 Å². The molecule has 27 heavy (non-hydrogen) atoms. The number of benzene rings is 2. The SMILES string of the molecule is CCc1ccc2c(CC(=O)OCn3nnc4ccccc4c3=O)coc2c1. The van der Waals surface area contributed by atoms with Gasteiger partial charge < -0.3 is 9.15 Å². The van der Waals surface area contributed by atoms with E-state index in [1.54, 1.807) is 30.5 Å². The second-order valence-electron chi connectivity index (χ2n) is 6.18. The van der Waals surface area contributed by atoms with E-state index in [4.69, 9.17) is 9.15 Å². The van der Waals surface area contributed by atoms with E-state index < -0.39 is 5.97 Å². The molecule has 0 amide bonds. The number of aromatic nitrogens is 3. The van der Waals surface area contributed by atoms with Gasteiger partial charge in [-0.05, 0) is 30.2 Å². The smallest absolute Gasteiger partial charge is 0.312 e. The molecular weight excluding hydrogens is 346 g/mol. The fourth-order valence-electron chi connectivity index (χ4n) is 2.93. The summed E-state index contributed by atoms with van der Waals surface area (Å²) in [5, 5.41) is 9.07. The Bertz CT molecular complexity index is 1190. The lowest BCUT2D eigenvalue weighted by molar-refractivity contribution is -0.147. The number of hydrogen-bond donors (Lipinski definition) is 0. The highest BCUT2D eigenvalue weighted by molar-refractivity contribution is 5.86. The molecule has 2 aromatic heterocycles. The van der Waals surface area contributed by atoms with Crippen LogP contribution >= 0.6 is 0 Å². The fourth-order valence-corrected chi connectivity index (χ4v) is 2.93. The summed E-state index contributed by atoms with van der Waals surface area (Å²) < 4.78 is 11.8. The van der Waals surface area contributed by atoms with Crippen LogP contribution in [0.3, 0.4) is 0 Å². The maximum atomic E-state index is 12.3. The molecule has 0 saturated carbocycles. The largest absolute Gasteiger partial charge is 0.464 e. The van der Waals surface area contributed by atoms with Crippen LogP contribution in [-0.2, 0) is 29.1 Å². The third kappa shape index (κ3) is 3.31. The first kappa shape index (κ1) is 17.0. The van der Waals surface area contributed by atoms with Gasteiger partial charge in [-0.3, -0.25) is 9.59 Å². The van der Waals surface area contributed by atoms with E-state index in [0.717, 1.165) is 27.6 Å². The van der Waals surface area contributed by atoms with E-state index in [2.05, 4.69) is 17.2 Å². The van der Waals surface area contributed by atoms with Gasteiger partial charge in [0, 0.05) is 10.9 Å². The lowest BCUT2D eigenvalue weighted by Gasteiger charge is -2.06. The van der Waals surface area contributed by atoms with Gasteiger partial charge in [-0.15, -0.1) is 5.10 Å². The predicted octanol–water partition coefficient (Wildman–Crippen LogP) is 2.84. The zero-order chi connectivity index (χ0) is 18.8. The summed E-state index contributed by atoms with van der Waals surface area (Å²) in [6.45, 7) is 1.78. The van der Waals surface area contributed by atoms with Gasteiger partial charge in [0.05, 0.1) is 18.1 Å². The first-order valence-corrected chi connectivity index (χ1v) is 8.63. The van der Waals surface area contributed by atoms with Crippen molar-refractivity contribution in [3.63, 3.8) is 0 Å². The summed E-state index contributed by atoms with van der Waals surface area (Å²) >= 11 is 0. The van der Waals surface area contributed by atoms with Crippen LogP contribution in [0.25, 0.3) is 21.9 Å². The lowest BCUT2D eigenvalue weighted by Crippen LogP contribution is -2.26. The van der Waals surface area contributed by atoms with Gasteiger partial charge in [0.15, 0.2) is 6.73 Å². The van der Waals surface area contributed by atoms with Gasteiger partial charge in [0.1, 0.15) is 11.1 Å². The standard InChI is InChI=1S/C20H17N3O4/c1-2-13-7-8-15-14(11-26-18(15)9-13)10-19(24)27-12-23-20(25)16-5-3-4-6-17(16)21-22-23/h3-9,11H,2,10,12H2,1H3. The van der Waals surface area contributed by atoms with Crippen molar-refractivity contribution in [1.82, 2.24) is 15.0 Å². The quantitative estimate of drug-likeness (QED) is 0.507. The molecule has 4 aromatic rings. The van der Waals surface area contributed by atoms with Crippen molar-refractivity contribution in [2.45, 2.75) is 26.5 Å². The molecule has 4 rings (SSSR count). The second-order valence-corrected chi connectivity index (χ2v) is 6.18. The number of carbonyl (C=O) groups is 1. The molecule has 136 valence electrons. The van der Waals surface area contributed by atoms with E-state index >= 15 is 0 Å². The zero-order valence-electron chi connectivity index (χ0n) is 14.7. The third-order valence-corrected chi connectivity index (χ3v) is 4.44. The highest BCUT2D eigenvalue weighted by Gasteiger charge is 2.13. The van der Waals surface area contributed by atoms with Crippen molar-refractivity contribution < 1.29 is 13.9 Å². The molecule has 7 nitrogen and oxygen atoms in total. The number of rotatable bonds is 5. The molecule has 0 bridgehead atoms. The fraction of sp³-hybridized carbons (Fsp3) is 0.200. The summed E-state index contributed by atoms with van der Waals surface area (Å²) in [5.41, 5.74) is 2.80. The normalized spacial score (nSPS) is 11.1. The van der Waals surface area contributed by atoms with Crippen LogP contribution in [0.1, 0.15) is 18.1 Å². The highest BCUT2D eigenvalue weighted by atomic mass is 16.5. The van der Waals surface area contributed by atoms with Gasteiger partial charge in [-0.25, -0.2) is 0 Å². The lowest BCUT2D eigenvalue weighted by atomic mass is 10.1. The molecule has 0 fully saturated rings. The Labute approximate surface area is 154 Å². The zero-order valence-corrected chi connectivity index (χ0v) is 14.7. The molecule has 2 aromatic carbocycles. The number of ether oxygens (including phenoxy) is 1. The molecule has 0 unspecified atom stereocenters. The molecule has 0 atom stereocenters. The summed E-state index contributed by atoms with van der Waals surface area (Å²) in [7, 11) is 0. The minimum Gasteiger partial charge on any atom is -0.464 e. The van der Waals surface area contributed by atoms with Gasteiger partial charge in [0.2, 0.25) is 0 Å². The van der Waals surface area contributed by atoms with Crippen molar-refractivity contribution in [2.24, 2.45) is 0 Å². The topological polar surface area (TPSA) is 87.2 Å². The van der Waals surface area contributed by atoms with Crippen LogP contribution in [-0.4, -0.2) is 21.0 Å². The molecule has 0 aliphatic heterocycles. The molecule has 0 spiro atoms. The summed E-state index contributed by atoms with van der Waals surface area (Å²) in [6, 6.07) is 12.8. The Morgan fingerprint density at radius 1 is 1.19 bits per heavy atom. The van der Waals surface area contributed by atoms with Gasteiger partial charge in [-0.2, -0.15) is 4.68 Å². The maximum Gasteiger partial charge on any atom is 0.312 e. The molecule has 2 heterocycles. The maximum absolute atomic E-state index is 12.3. The number of aryl methyl sites for hydroxylation is 1. The van der Waals surface area contributed by atoms with E-state index in [1.807, 2.05) is 18.2 Å². The van der Waals surface area contributed by atoms with Crippen LogP contribution in [0.4, 0.5) is 0 Å². The third-order valence-electron chi connectivity index (χ3n) is 4.44. The Kier molecular flexibility index (Phi) is 4.42. The number of carbonyl (C=O) groups excluding carboxylic acids is 1. The number of nitrogens with zero attached hydrogens (tertiary/aromatic N) is 3. The van der Waals surface area contributed by atoms with Crippen molar-refractivity contribution in [2.75, 3.05) is 0 Å². The van der Waals surface area contributed by atoms with Gasteiger partial charge >= 0.3 is 5.97 Å². The second kappa shape index (κ2) is 7.03. The Balaban J connectivity index is 1.47. The minimum atomic E-state index is -0.473. The van der Waals surface area contributed by atoms with Crippen LogP contribution in [0.15, 0.2) is 57.9 Å². The Hall–Kier alpha value is -3.48. The molecule has 7 heteroatoms. The van der Waals surface area contributed by atoms with Crippen LogP contribution in [0, 0.1) is 0 Å². The summed E-state index contributed by atoms with van der Waals surface area (Å²) in [4.78, 5) is 24.5. The minimum absolute atomic E-state index is 0.0498. The van der Waals surface area contributed by atoms with Gasteiger partial charge in [0.25, 0.3) is 5.56 Å². The molecule has 0 radical (unpaired) electrons. The van der Waals surface area contributed by atoms with Crippen LogP contribution < -0.4 is 5.56 Å². The van der Waals surface area contributed by atoms with Crippen molar-refractivity contribution in [1.29, 1.82) is 0 Å². The highest BCUT2D eigenvalue weighted by Crippen LogP contribution is 2.23. The summed E-state index contributed by atoms with van der Waals surface area (Å²) in [5.74, 6) is -0.473. The number of furan rings is 1. The number of esters is 1. The van der Waals surface area contributed by atoms with Crippen molar-refractivity contribution >= 4 is 27.8 Å². The van der Waals surface area contributed by atoms with E-state index in [0.29, 0.717) is 10.9 Å². The molecular formula is C20H17N3O4. The Morgan fingerprint density at radius 2 is 2.04 bits per heavy atom. The molecule has 0 aliphatic carbocycles. The first-order chi connectivity index (χ1) is 13.2. The average molecular weight is 363 g/mol. The van der Waals surface area contributed by atoms with Crippen molar-refractivity contribution in [3.05, 3.63) is 70.2 Å².